The summed E-state index contributed by atoms with van der Waals surface area (Å²) in [5.41, 5.74) is 3.31. The molecule has 6 nitrogen and oxygen atoms in total. The van der Waals surface area contributed by atoms with Crippen molar-refractivity contribution in [1.29, 1.82) is 0 Å². The number of nitrogens with one attached hydrogen (secondary N) is 1. The molecule has 2 amide bonds. The second kappa shape index (κ2) is 9.64. The Morgan fingerprint density at radius 3 is 2.31 bits per heavy atom. The van der Waals surface area contributed by atoms with E-state index in [4.69, 9.17) is 4.74 Å². The molecule has 3 aromatic rings. The molecule has 1 fully saturated rings. The third kappa shape index (κ3) is 4.38. The zero-order valence-electron chi connectivity index (χ0n) is 21.9. The molecule has 0 saturated heterocycles. The highest BCUT2D eigenvalue weighted by atomic mass is 16.5. The van der Waals surface area contributed by atoms with E-state index < -0.39 is 5.54 Å². The Morgan fingerprint density at radius 1 is 0.972 bits per heavy atom. The van der Waals surface area contributed by atoms with E-state index in [0.29, 0.717) is 12.2 Å². The molecule has 0 spiro atoms. The number of methoxy groups -OCH3 is 1. The number of nitrogens with zero attached hydrogens (tertiary/aromatic N) is 2. The number of hydrogen-bond acceptors (Lipinski definition) is 3. The summed E-state index contributed by atoms with van der Waals surface area (Å²) in [5.74, 6) is 0.487. The predicted octanol–water partition coefficient (Wildman–Crippen LogP) is 5.91. The lowest BCUT2D eigenvalue weighted by Gasteiger charge is -2.45. The Balaban J connectivity index is 1.60. The van der Waals surface area contributed by atoms with E-state index in [-0.39, 0.29) is 17.9 Å². The van der Waals surface area contributed by atoms with Gasteiger partial charge in [-0.1, -0.05) is 38.2 Å². The van der Waals surface area contributed by atoms with Crippen LogP contribution in [0, 0.1) is 13.8 Å². The molecule has 1 saturated carbocycles. The molecular formula is C30H37N3O3. The minimum atomic E-state index is -1.08. The monoisotopic (exact) mass is 487 g/mol. The van der Waals surface area contributed by atoms with Crippen LogP contribution in [0.4, 0.5) is 5.69 Å². The molecule has 190 valence electrons. The van der Waals surface area contributed by atoms with Crippen LogP contribution < -0.4 is 15.0 Å². The molecular weight excluding hydrogens is 450 g/mol. The minimum Gasteiger partial charge on any atom is -0.497 e. The van der Waals surface area contributed by atoms with E-state index in [0.717, 1.165) is 59.2 Å². The van der Waals surface area contributed by atoms with Crippen molar-refractivity contribution in [2.45, 2.75) is 83.8 Å². The molecule has 36 heavy (non-hydrogen) atoms. The van der Waals surface area contributed by atoms with Gasteiger partial charge in [0.2, 0.25) is 5.91 Å². The first-order valence-electron chi connectivity index (χ1n) is 13.2. The maximum atomic E-state index is 14.2. The summed E-state index contributed by atoms with van der Waals surface area (Å²) in [6.07, 6.45) is 7.97. The number of fused-ring (bicyclic) bond motifs is 3. The summed E-state index contributed by atoms with van der Waals surface area (Å²) in [7, 11) is 1.64. The Labute approximate surface area is 213 Å². The first-order valence-corrected chi connectivity index (χ1v) is 13.2. The molecule has 1 unspecified atom stereocenters. The standard InChI is InChI=1S/C30H37N3O3/c1-20-14-21(2)16-24(15-20)33-28(34)27-17-22-12-13-25(36-4)18-26(22)32(27)19-30(33,3)29(35)31-23-10-8-6-5-7-9-11-23/h12-18,23H,5-11,19H2,1-4H3,(H,31,35). The second-order valence-corrected chi connectivity index (χ2v) is 10.8. The maximum Gasteiger partial charge on any atom is 0.275 e. The van der Waals surface area contributed by atoms with Crippen molar-refractivity contribution >= 4 is 28.4 Å². The SMILES string of the molecule is COc1ccc2cc3n(c2c1)CC(C)(C(=O)NC1CCCCCCC1)N(c1cc(C)cc(C)c1)C3=O. The van der Waals surface area contributed by atoms with E-state index in [1.165, 1.54) is 19.3 Å². The third-order valence-electron chi connectivity index (χ3n) is 7.89. The number of aromatic nitrogens is 1. The van der Waals surface area contributed by atoms with Crippen molar-refractivity contribution in [3.05, 3.63) is 59.3 Å². The minimum absolute atomic E-state index is 0.0871. The summed E-state index contributed by atoms with van der Waals surface area (Å²) < 4.78 is 7.46. The van der Waals surface area contributed by atoms with Crippen LogP contribution in [0.2, 0.25) is 0 Å². The van der Waals surface area contributed by atoms with Crippen LogP contribution in [0.3, 0.4) is 0 Å². The summed E-state index contributed by atoms with van der Waals surface area (Å²) in [6.45, 7) is 6.34. The molecule has 1 aliphatic heterocycles. The van der Waals surface area contributed by atoms with Gasteiger partial charge >= 0.3 is 0 Å². The van der Waals surface area contributed by atoms with Gasteiger partial charge in [-0.05, 0) is 75.1 Å². The molecule has 6 heteroatoms. The number of ether oxygens (including phenoxy) is 1. The van der Waals surface area contributed by atoms with Gasteiger partial charge in [0.05, 0.1) is 19.2 Å². The molecule has 0 radical (unpaired) electrons. The molecule has 2 heterocycles. The number of hydrogen-bond donors (Lipinski definition) is 1. The summed E-state index contributed by atoms with van der Waals surface area (Å²) >= 11 is 0. The van der Waals surface area contributed by atoms with Gasteiger partial charge in [-0.15, -0.1) is 0 Å². The molecule has 1 aromatic heterocycles. The van der Waals surface area contributed by atoms with Crippen molar-refractivity contribution < 1.29 is 14.3 Å². The molecule has 0 bridgehead atoms. The highest BCUT2D eigenvalue weighted by molar-refractivity contribution is 6.14. The molecule has 2 aliphatic rings. The lowest BCUT2D eigenvalue weighted by Crippen LogP contribution is -2.65. The zero-order chi connectivity index (χ0) is 25.4. The Hall–Kier alpha value is -3.28. The van der Waals surface area contributed by atoms with Crippen LogP contribution in [-0.4, -0.2) is 35.1 Å². The quantitative estimate of drug-likeness (QED) is 0.497. The topological polar surface area (TPSA) is 63.6 Å². The number of benzene rings is 2. The van der Waals surface area contributed by atoms with Crippen molar-refractivity contribution in [2.75, 3.05) is 12.0 Å². The van der Waals surface area contributed by atoms with Gasteiger partial charge in [0.1, 0.15) is 17.0 Å². The Bertz CT molecular complexity index is 1280. The second-order valence-electron chi connectivity index (χ2n) is 10.8. The van der Waals surface area contributed by atoms with E-state index in [2.05, 4.69) is 11.4 Å². The van der Waals surface area contributed by atoms with Gasteiger partial charge in [-0.2, -0.15) is 0 Å². The first kappa shape index (κ1) is 24.4. The number of aryl methyl sites for hydroxylation is 2. The zero-order valence-corrected chi connectivity index (χ0v) is 21.9. The fourth-order valence-electron chi connectivity index (χ4n) is 6.02. The fraction of sp³-hybridized carbons (Fsp3) is 0.467. The normalized spacial score (nSPS) is 21.1. The summed E-state index contributed by atoms with van der Waals surface area (Å²) in [4.78, 5) is 30.0. The first-order chi connectivity index (χ1) is 17.3. The van der Waals surface area contributed by atoms with Crippen molar-refractivity contribution in [1.82, 2.24) is 9.88 Å². The number of carbonyl (C=O) groups is 2. The van der Waals surface area contributed by atoms with Gasteiger partial charge in [-0.3, -0.25) is 14.5 Å². The van der Waals surface area contributed by atoms with Crippen LogP contribution in [-0.2, 0) is 11.3 Å². The third-order valence-corrected chi connectivity index (χ3v) is 7.89. The lowest BCUT2D eigenvalue weighted by molar-refractivity contribution is -0.127. The van der Waals surface area contributed by atoms with Crippen molar-refractivity contribution in [3.8, 4) is 5.75 Å². The summed E-state index contributed by atoms with van der Waals surface area (Å²) in [6, 6.07) is 14.0. The van der Waals surface area contributed by atoms with Gasteiger partial charge in [0, 0.05) is 23.2 Å². The fourth-order valence-corrected chi connectivity index (χ4v) is 6.02. The van der Waals surface area contributed by atoms with Crippen LogP contribution in [0.1, 0.15) is 73.5 Å². The largest absolute Gasteiger partial charge is 0.497 e. The maximum absolute atomic E-state index is 14.2. The Kier molecular flexibility index (Phi) is 6.54. The molecule has 1 atom stereocenters. The van der Waals surface area contributed by atoms with Crippen molar-refractivity contribution in [3.63, 3.8) is 0 Å². The van der Waals surface area contributed by atoms with Crippen LogP contribution in [0.25, 0.3) is 10.9 Å². The molecule has 2 aromatic carbocycles. The summed E-state index contributed by atoms with van der Waals surface area (Å²) in [5, 5.41) is 4.33. The molecule has 1 N–H and O–H groups in total. The van der Waals surface area contributed by atoms with Gasteiger partial charge in [-0.25, -0.2) is 0 Å². The van der Waals surface area contributed by atoms with Gasteiger partial charge in [0.15, 0.2) is 0 Å². The van der Waals surface area contributed by atoms with E-state index >= 15 is 0 Å². The smallest absolute Gasteiger partial charge is 0.275 e. The van der Waals surface area contributed by atoms with Crippen LogP contribution in [0.5, 0.6) is 5.75 Å². The van der Waals surface area contributed by atoms with Crippen LogP contribution >= 0.6 is 0 Å². The van der Waals surface area contributed by atoms with Gasteiger partial charge < -0.3 is 14.6 Å². The highest BCUT2D eigenvalue weighted by Crippen LogP contribution is 2.37. The highest BCUT2D eigenvalue weighted by Gasteiger charge is 2.49. The number of anilines is 1. The van der Waals surface area contributed by atoms with E-state index in [1.54, 1.807) is 12.0 Å². The molecule has 5 rings (SSSR count). The predicted molar refractivity (Wildman–Crippen MR) is 144 cm³/mol. The number of carbonyl (C=O) groups excluding carboxylic acids is 2. The van der Waals surface area contributed by atoms with Gasteiger partial charge in [0.25, 0.3) is 5.91 Å². The molecule has 1 aliphatic carbocycles. The lowest BCUT2D eigenvalue weighted by atomic mass is 9.91. The average molecular weight is 488 g/mol. The van der Waals surface area contributed by atoms with Crippen LogP contribution in [0.15, 0.2) is 42.5 Å². The number of rotatable bonds is 4. The number of amides is 2. The Morgan fingerprint density at radius 2 is 1.64 bits per heavy atom. The van der Waals surface area contributed by atoms with E-state index in [1.807, 2.05) is 61.7 Å². The average Bonchev–Trinajstić information content (AvgIpc) is 3.17. The van der Waals surface area contributed by atoms with E-state index in [9.17, 15) is 9.59 Å². The van der Waals surface area contributed by atoms with Crippen molar-refractivity contribution in [2.24, 2.45) is 0 Å².